The predicted molar refractivity (Wildman–Crippen MR) is 174 cm³/mol. The SMILES string of the molecule is O=C(O)c1ccc(C(=O)O)c2c(C(=O)NNCCN3CCCC3)c(NCCN3CCCC3)cc(C(=O)NNCCN3CCCC3)c12. The lowest BCUT2D eigenvalue weighted by Gasteiger charge is -2.22. The van der Waals surface area contributed by atoms with Gasteiger partial charge in [0, 0.05) is 55.7 Å². The first-order valence-corrected chi connectivity index (χ1v) is 16.4. The maximum absolute atomic E-state index is 13.9. The van der Waals surface area contributed by atoms with Gasteiger partial charge < -0.3 is 30.2 Å². The highest BCUT2D eigenvalue weighted by Crippen LogP contribution is 2.35. The van der Waals surface area contributed by atoms with E-state index in [1.165, 1.54) is 18.2 Å². The van der Waals surface area contributed by atoms with E-state index in [1.807, 2.05) is 0 Å². The van der Waals surface area contributed by atoms with Crippen molar-refractivity contribution < 1.29 is 29.4 Å². The molecule has 0 bridgehead atoms. The highest BCUT2D eigenvalue weighted by atomic mass is 16.4. The van der Waals surface area contributed by atoms with Gasteiger partial charge >= 0.3 is 11.9 Å². The van der Waals surface area contributed by atoms with E-state index in [-0.39, 0.29) is 38.7 Å². The Hall–Kier alpha value is -3.82. The van der Waals surface area contributed by atoms with E-state index in [9.17, 15) is 29.4 Å². The van der Waals surface area contributed by atoms with Crippen LogP contribution in [0.4, 0.5) is 5.69 Å². The highest BCUT2D eigenvalue weighted by molar-refractivity contribution is 6.25. The smallest absolute Gasteiger partial charge is 0.336 e. The van der Waals surface area contributed by atoms with Crippen LogP contribution in [0.1, 0.15) is 80.0 Å². The third-order valence-corrected chi connectivity index (χ3v) is 9.06. The number of likely N-dealkylation sites (tertiary alicyclic amines) is 3. The minimum atomic E-state index is -1.35. The maximum atomic E-state index is 13.9. The van der Waals surface area contributed by atoms with Gasteiger partial charge in [-0.25, -0.2) is 20.4 Å². The molecule has 0 spiro atoms. The molecule has 0 aromatic heterocycles. The van der Waals surface area contributed by atoms with E-state index in [0.29, 0.717) is 26.2 Å². The second kappa shape index (κ2) is 16.1. The second-order valence-electron chi connectivity index (χ2n) is 12.2. The van der Waals surface area contributed by atoms with E-state index in [4.69, 9.17) is 0 Å². The van der Waals surface area contributed by atoms with E-state index >= 15 is 0 Å². The number of hydrogen-bond donors (Lipinski definition) is 7. The molecule has 3 saturated heterocycles. The number of nitrogens with one attached hydrogen (secondary N) is 5. The van der Waals surface area contributed by atoms with Gasteiger partial charge in [-0.3, -0.25) is 20.4 Å². The number of aromatic carboxylic acids is 2. The van der Waals surface area contributed by atoms with Crippen LogP contribution in [0, 0.1) is 0 Å². The van der Waals surface area contributed by atoms with Gasteiger partial charge in [0.25, 0.3) is 11.8 Å². The summed E-state index contributed by atoms with van der Waals surface area (Å²) in [7, 11) is 0. The molecule has 3 heterocycles. The number of carboxylic acids is 2. The third kappa shape index (κ3) is 8.30. The van der Waals surface area contributed by atoms with Crippen molar-refractivity contribution in [3.8, 4) is 0 Å². The van der Waals surface area contributed by atoms with Crippen LogP contribution in [0.5, 0.6) is 0 Å². The molecule has 46 heavy (non-hydrogen) atoms. The zero-order valence-corrected chi connectivity index (χ0v) is 26.3. The van der Waals surface area contributed by atoms with Gasteiger partial charge in [-0.15, -0.1) is 0 Å². The van der Waals surface area contributed by atoms with Crippen LogP contribution in [0.2, 0.25) is 0 Å². The summed E-state index contributed by atoms with van der Waals surface area (Å²) in [6.45, 7) is 9.48. The Bertz CT molecular complexity index is 1420. The zero-order chi connectivity index (χ0) is 32.5. The lowest BCUT2D eigenvalue weighted by molar-refractivity contribution is 0.0684. The van der Waals surface area contributed by atoms with Crippen molar-refractivity contribution in [2.45, 2.75) is 38.5 Å². The monoisotopic (exact) mass is 638 g/mol. The lowest BCUT2D eigenvalue weighted by Crippen LogP contribution is -2.42. The molecule has 2 aromatic rings. The molecule has 0 aliphatic carbocycles. The summed E-state index contributed by atoms with van der Waals surface area (Å²) in [5, 5.41) is 23.4. The van der Waals surface area contributed by atoms with Crippen molar-refractivity contribution in [3.63, 3.8) is 0 Å². The molecule has 0 saturated carbocycles. The average molecular weight is 639 g/mol. The average Bonchev–Trinajstić information content (AvgIpc) is 3.85. The van der Waals surface area contributed by atoms with Crippen molar-refractivity contribution in [2.75, 3.05) is 83.9 Å². The van der Waals surface area contributed by atoms with Gasteiger partial charge in [0.05, 0.1) is 22.3 Å². The summed E-state index contributed by atoms with van der Waals surface area (Å²) in [5.74, 6) is -3.95. The number of amides is 2. The quantitative estimate of drug-likeness (QED) is 0.104. The summed E-state index contributed by atoms with van der Waals surface area (Å²) in [6.07, 6.45) is 6.79. The van der Waals surface area contributed by atoms with Crippen molar-refractivity contribution in [1.29, 1.82) is 0 Å². The summed E-state index contributed by atoms with van der Waals surface area (Å²) >= 11 is 0. The zero-order valence-electron chi connectivity index (χ0n) is 26.3. The maximum Gasteiger partial charge on any atom is 0.336 e. The molecule has 3 fully saturated rings. The molecule has 7 N–H and O–H groups in total. The normalized spacial score (nSPS) is 17.5. The van der Waals surface area contributed by atoms with Crippen LogP contribution in [0.3, 0.4) is 0 Å². The Labute approximate surface area is 268 Å². The number of hydrazine groups is 2. The van der Waals surface area contributed by atoms with E-state index in [0.717, 1.165) is 90.9 Å². The number of hydrogen-bond acceptors (Lipinski definition) is 10. The molecule has 14 nitrogen and oxygen atoms in total. The van der Waals surface area contributed by atoms with Crippen LogP contribution in [0.25, 0.3) is 10.8 Å². The van der Waals surface area contributed by atoms with Crippen molar-refractivity contribution in [3.05, 3.63) is 40.5 Å². The van der Waals surface area contributed by atoms with Crippen LogP contribution < -0.4 is 27.0 Å². The number of fused-ring (bicyclic) bond motifs is 1. The van der Waals surface area contributed by atoms with E-state index in [1.54, 1.807) is 0 Å². The molecule has 250 valence electrons. The first kappa shape index (κ1) is 33.5. The van der Waals surface area contributed by atoms with Crippen LogP contribution >= 0.6 is 0 Å². The molecule has 14 heteroatoms. The second-order valence-corrected chi connectivity index (χ2v) is 12.2. The molecule has 2 aromatic carbocycles. The Kier molecular flexibility index (Phi) is 11.8. The molecular formula is C32H46N8O6. The molecule has 0 atom stereocenters. The Morgan fingerprint density at radius 2 is 1.02 bits per heavy atom. The summed E-state index contributed by atoms with van der Waals surface area (Å²) < 4.78 is 0. The highest BCUT2D eigenvalue weighted by Gasteiger charge is 2.29. The van der Waals surface area contributed by atoms with E-state index < -0.39 is 23.8 Å². The number of anilines is 1. The summed E-state index contributed by atoms with van der Waals surface area (Å²) in [6, 6.07) is 3.80. The molecular weight excluding hydrogens is 592 g/mol. The van der Waals surface area contributed by atoms with Crippen molar-refractivity contribution >= 4 is 40.2 Å². The number of benzene rings is 2. The first-order chi connectivity index (χ1) is 22.3. The molecule has 2 amide bonds. The molecule has 0 unspecified atom stereocenters. The van der Waals surface area contributed by atoms with Gasteiger partial charge in [-0.05, 0) is 96.0 Å². The van der Waals surface area contributed by atoms with Crippen LogP contribution in [0.15, 0.2) is 18.2 Å². The van der Waals surface area contributed by atoms with E-state index in [2.05, 4.69) is 41.7 Å². The summed E-state index contributed by atoms with van der Waals surface area (Å²) in [4.78, 5) is 59.4. The van der Waals surface area contributed by atoms with Crippen molar-refractivity contribution in [2.24, 2.45) is 0 Å². The number of carbonyl (C=O) groups is 4. The van der Waals surface area contributed by atoms with Gasteiger partial charge in [0.15, 0.2) is 0 Å². The molecule has 5 rings (SSSR count). The Morgan fingerprint density at radius 3 is 1.50 bits per heavy atom. The van der Waals surface area contributed by atoms with Crippen LogP contribution in [-0.4, -0.2) is 127 Å². The van der Waals surface area contributed by atoms with Gasteiger partial charge in [-0.2, -0.15) is 0 Å². The fourth-order valence-corrected chi connectivity index (χ4v) is 6.69. The fourth-order valence-electron chi connectivity index (χ4n) is 6.69. The summed E-state index contributed by atoms with van der Waals surface area (Å²) in [5.41, 5.74) is 10.8. The number of rotatable bonds is 16. The Morgan fingerprint density at radius 1 is 0.587 bits per heavy atom. The predicted octanol–water partition coefficient (Wildman–Crippen LogP) is 1.40. The topological polar surface area (TPSA) is 179 Å². The lowest BCUT2D eigenvalue weighted by atomic mass is 9.89. The standard InChI is InChI=1S/C32H46N8O6/c41-29(36-34-10-19-39-14-3-4-15-39)24-21-25(33-9-18-38-12-1-2-13-38)28(30(42)37-35-11-20-40-16-5-6-17-40)27-23(32(45)46)8-7-22(26(24)27)31(43)44/h7-8,21,33-35H,1-6,9-20H2,(H,36,41)(H,37,42)(H,43,44)(H,45,46). The number of nitrogens with zero attached hydrogens (tertiary/aromatic N) is 3. The molecule has 3 aliphatic rings. The minimum Gasteiger partial charge on any atom is -0.478 e. The van der Waals surface area contributed by atoms with Crippen molar-refractivity contribution in [1.82, 2.24) is 36.4 Å². The van der Waals surface area contributed by atoms with Crippen LogP contribution in [-0.2, 0) is 0 Å². The minimum absolute atomic E-state index is 0.0378. The fraction of sp³-hybridized carbons (Fsp3) is 0.562. The van der Waals surface area contributed by atoms with Gasteiger partial charge in [0.1, 0.15) is 0 Å². The number of carboxylic acid groups (broad SMARTS) is 2. The number of carbonyl (C=O) groups excluding carboxylic acids is 2. The van der Waals surface area contributed by atoms with Gasteiger partial charge in [0.2, 0.25) is 0 Å². The first-order valence-electron chi connectivity index (χ1n) is 16.4. The largest absolute Gasteiger partial charge is 0.478 e. The molecule has 0 radical (unpaired) electrons. The molecule has 3 aliphatic heterocycles. The third-order valence-electron chi connectivity index (χ3n) is 9.06. The van der Waals surface area contributed by atoms with Gasteiger partial charge in [-0.1, -0.05) is 0 Å². The Balaban J connectivity index is 1.49.